The Labute approximate surface area is 163 Å². The Morgan fingerprint density at radius 3 is 2.48 bits per heavy atom. The van der Waals surface area contributed by atoms with E-state index < -0.39 is 0 Å². The molecule has 1 aromatic heterocycles. The number of hydrogen-bond donors (Lipinski definition) is 1. The number of nitrogens with one attached hydrogen (secondary N) is 1. The van der Waals surface area contributed by atoms with Crippen LogP contribution < -0.4 is 5.56 Å². The lowest BCUT2D eigenvalue weighted by Crippen LogP contribution is -2.18. The van der Waals surface area contributed by atoms with Gasteiger partial charge in [-0.3, -0.25) is 9.78 Å². The first-order valence-corrected chi connectivity index (χ1v) is 9.41. The zero-order valence-electron chi connectivity index (χ0n) is 12.8. The van der Waals surface area contributed by atoms with Crippen molar-refractivity contribution in [1.29, 1.82) is 0 Å². The lowest BCUT2D eigenvalue weighted by atomic mass is 10.1. The van der Waals surface area contributed by atoms with Gasteiger partial charge >= 0.3 is 0 Å². The van der Waals surface area contributed by atoms with Gasteiger partial charge < -0.3 is 0 Å². The molecule has 0 bridgehead atoms. The van der Waals surface area contributed by atoms with Gasteiger partial charge in [0.05, 0.1) is 10.0 Å². The molecule has 0 unspecified atom stereocenters. The molecule has 0 amide bonds. The second-order valence-electron chi connectivity index (χ2n) is 5.21. The first-order chi connectivity index (χ1) is 12.0. The summed E-state index contributed by atoms with van der Waals surface area (Å²) in [7, 11) is 0. The summed E-state index contributed by atoms with van der Waals surface area (Å²) in [6, 6.07) is 12.7. The third-order valence-electron chi connectivity index (χ3n) is 3.42. The van der Waals surface area contributed by atoms with Crippen molar-refractivity contribution in [3.05, 3.63) is 84.7 Å². The maximum atomic E-state index is 12.2. The first kappa shape index (κ1) is 18.3. The van der Waals surface area contributed by atoms with Crippen molar-refractivity contribution >= 4 is 46.6 Å². The fraction of sp³-hybridized carbons (Fsp3) is 0.118. The second kappa shape index (κ2) is 8.23. The van der Waals surface area contributed by atoms with Gasteiger partial charge in [-0.1, -0.05) is 70.8 Å². The number of aromatic nitrogens is 3. The van der Waals surface area contributed by atoms with E-state index in [0.29, 0.717) is 38.1 Å². The van der Waals surface area contributed by atoms with Crippen LogP contribution >= 0.6 is 46.6 Å². The van der Waals surface area contributed by atoms with Crippen LogP contribution in [0.25, 0.3) is 0 Å². The van der Waals surface area contributed by atoms with Crippen molar-refractivity contribution in [3.8, 4) is 0 Å². The topological polar surface area (TPSA) is 58.6 Å². The Morgan fingerprint density at radius 1 is 0.960 bits per heavy atom. The molecule has 0 aliphatic carbocycles. The molecular formula is C17H12Cl3N3OS. The van der Waals surface area contributed by atoms with Crippen LogP contribution in [0.1, 0.15) is 16.8 Å². The van der Waals surface area contributed by atoms with Crippen LogP contribution in [-0.4, -0.2) is 15.2 Å². The van der Waals surface area contributed by atoms with Crippen LogP contribution in [0.5, 0.6) is 0 Å². The smallest absolute Gasteiger partial charge is 0.273 e. The lowest BCUT2D eigenvalue weighted by Gasteiger charge is -2.05. The third-order valence-corrected chi connectivity index (χ3v) is 5.46. The van der Waals surface area contributed by atoms with Gasteiger partial charge in [0.25, 0.3) is 5.56 Å². The Kier molecular flexibility index (Phi) is 6.02. The number of benzene rings is 2. The van der Waals surface area contributed by atoms with Gasteiger partial charge in [-0.05, 0) is 29.3 Å². The molecule has 1 heterocycles. The number of thioether (sulfide) groups is 1. The third kappa shape index (κ3) is 4.76. The van der Waals surface area contributed by atoms with Crippen molar-refractivity contribution < 1.29 is 0 Å². The highest BCUT2D eigenvalue weighted by atomic mass is 35.5. The molecule has 0 saturated heterocycles. The number of hydrogen-bond acceptors (Lipinski definition) is 4. The predicted octanol–water partition coefficient (Wildman–Crippen LogP) is 5.01. The quantitative estimate of drug-likeness (QED) is 0.599. The number of halogens is 3. The number of H-pyrrole nitrogens is 1. The second-order valence-corrected chi connectivity index (χ2v) is 7.40. The fourth-order valence-electron chi connectivity index (χ4n) is 2.13. The largest absolute Gasteiger partial charge is 0.298 e. The summed E-state index contributed by atoms with van der Waals surface area (Å²) in [6.45, 7) is 0. The van der Waals surface area contributed by atoms with E-state index in [-0.39, 0.29) is 5.56 Å². The Morgan fingerprint density at radius 2 is 1.76 bits per heavy atom. The van der Waals surface area contributed by atoms with Crippen LogP contribution in [0, 0.1) is 0 Å². The van der Waals surface area contributed by atoms with E-state index in [0.717, 1.165) is 11.1 Å². The molecule has 0 aliphatic rings. The minimum atomic E-state index is -0.272. The van der Waals surface area contributed by atoms with E-state index in [2.05, 4.69) is 15.2 Å². The summed E-state index contributed by atoms with van der Waals surface area (Å²) >= 11 is 19.4. The van der Waals surface area contributed by atoms with Crippen LogP contribution in [0.15, 0.2) is 52.4 Å². The Balaban J connectivity index is 1.70. The standard InChI is InChI=1S/C17H12Cl3N3OS/c18-12-4-2-1-3-11(12)8-15-16(24)21-17(23-22-15)25-9-10-5-6-13(19)14(20)7-10/h1-7H,8-9H2,(H,21,23,24). The van der Waals surface area contributed by atoms with E-state index in [1.807, 2.05) is 24.3 Å². The van der Waals surface area contributed by atoms with Crippen molar-refractivity contribution in [2.45, 2.75) is 17.3 Å². The summed E-state index contributed by atoms with van der Waals surface area (Å²) < 4.78 is 0. The highest BCUT2D eigenvalue weighted by molar-refractivity contribution is 7.98. The molecule has 128 valence electrons. The summed E-state index contributed by atoms with van der Waals surface area (Å²) in [6.07, 6.45) is 0.333. The van der Waals surface area contributed by atoms with Crippen LogP contribution in [0.4, 0.5) is 0 Å². The average molecular weight is 413 g/mol. The summed E-state index contributed by atoms with van der Waals surface area (Å²) in [5, 5.41) is 10.2. The molecule has 4 nitrogen and oxygen atoms in total. The van der Waals surface area contributed by atoms with Gasteiger partial charge in [0.1, 0.15) is 5.69 Å². The molecular weight excluding hydrogens is 401 g/mol. The van der Waals surface area contributed by atoms with Gasteiger partial charge in [0.2, 0.25) is 0 Å². The molecule has 25 heavy (non-hydrogen) atoms. The van der Waals surface area contributed by atoms with Crippen LogP contribution in [-0.2, 0) is 12.2 Å². The summed E-state index contributed by atoms with van der Waals surface area (Å²) in [5.74, 6) is 0.589. The summed E-state index contributed by atoms with van der Waals surface area (Å²) in [4.78, 5) is 15.0. The zero-order chi connectivity index (χ0) is 17.8. The minimum Gasteiger partial charge on any atom is -0.298 e. The molecule has 3 rings (SSSR count). The van der Waals surface area contributed by atoms with Gasteiger partial charge in [0.15, 0.2) is 5.16 Å². The van der Waals surface area contributed by atoms with Crippen LogP contribution in [0.3, 0.4) is 0 Å². The van der Waals surface area contributed by atoms with Gasteiger partial charge in [-0.25, -0.2) is 0 Å². The Bertz CT molecular complexity index is 962. The average Bonchev–Trinajstić information content (AvgIpc) is 2.60. The summed E-state index contributed by atoms with van der Waals surface area (Å²) in [5.41, 5.74) is 1.86. The minimum absolute atomic E-state index is 0.272. The lowest BCUT2D eigenvalue weighted by molar-refractivity contribution is 0.772. The van der Waals surface area contributed by atoms with E-state index in [9.17, 15) is 4.79 Å². The molecule has 1 N–H and O–H groups in total. The molecule has 0 fully saturated rings. The van der Waals surface area contributed by atoms with E-state index in [4.69, 9.17) is 34.8 Å². The van der Waals surface area contributed by atoms with E-state index in [1.54, 1.807) is 18.2 Å². The maximum absolute atomic E-state index is 12.2. The molecule has 0 saturated carbocycles. The molecule has 0 atom stereocenters. The predicted molar refractivity (Wildman–Crippen MR) is 103 cm³/mol. The monoisotopic (exact) mass is 411 g/mol. The van der Waals surface area contributed by atoms with E-state index >= 15 is 0 Å². The normalized spacial score (nSPS) is 10.8. The van der Waals surface area contributed by atoms with Crippen LogP contribution in [0.2, 0.25) is 15.1 Å². The van der Waals surface area contributed by atoms with Crippen molar-refractivity contribution in [2.75, 3.05) is 0 Å². The number of aromatic amines is 1. The molecule has 2 aromatic carbocycles. The maximum Gasteiger partial charge on any atom is 0.273 e. The van der Waals surface area contributed by atoms with E-state index in [1.165, 1.54) is 11.8 Å². The highest BCUT2D eigenvalue weighted by Gasteiger charge is 2.09. The SMILES string of the molecule is O=c1[nH]c(SCc2ccc(Cl)c(Cl)c2)nnc1Cc1ccccc1Cl. The van der Waals surface area contributed by atoms with Crippen molar-refractivity contribution in [1.82, 2.24) is 15.2 Å². The van der Waals surface area contributed by atoms with Gasteiger partial charge in [-0.2, -0.15) is 0 Å². The molecule has 8 heteroatoms. The molecule has 0 spiro atoms. The number of rotatable bonds is 5. The zero-order valence-corrected chi connectivity index (χ0v) is 15.9. The fourth-order valence-corrected chi connectivity index (χ4v) is 3.40. The van der Waals surface area contributed by atoms with Gasteiger partial charge in [0, 0.05) is 17.2 Å². The molecule has 0 radical (unpaired) electrons. The molecule has 3 aromatic rings. The highest BCUT2D eigenvalue weighted by Crippen LogP contribution is 2.26. The number of nitrogens with zero attached hydrogens (tertiary/aromatic N) is 2. The first-order valence-electron chi connectivity index (χ1n) is 7.29. The Hall–Kier alpha value is -1.53. The van der Waals surface area contributed by atoms with Crippen molar-refractivity contribution in [3.63, 3.8) is 0 Å². The molecule has 0 aliphatic heterocycles. The van der Waals surface area contributed by atoms with Gasteiger partial charge in [-0.15, -0.1) is 10.2 Å². The van der Waals surface area contributed by atoms with Crippen molar-refractivity contribution in [2.24, 2.45) is 0 Å².